The van der Waals surface area contributed by atoms with Crippen molar-refractivity contribution in [3.8, 4) is 0 Å². The van der Waals surface area contributed by atoms with Gasteiger partial charge in [-0.3, -0.25) is 9.36 Å². The highest BCUT2D eigenvalue weighted by molar-refractivity contribution is 7.45. The van der Waals surface area contributed by atoms with Gasteiger partial charge in [0.1, 0.15) is 13.2 Å². The molecule has 0 bridgehead atoms. The van der Waals surface area contributed by atoms with E-state index in [2.05, 4.69) is 165 Å². The second-order valence-corrected chi connectivity index (χ2v) is 24.5. The maximum atomic E-state index is 13.0. The summed E-state index contributed by atoms with van der Waals surface area (Å²) in [6.07, 6.45) is 94.8. The predicted molar refractivity (Wildman–Crippen MR) is 357 cm³/mol. The number of amides is 1. The molecule has 0 aliphatic rings. The van der Waals surface area contributed by atoms with Crippen LogP contribution in [0.3, 0.4) is 0 Å². The number of quaternary nitrogens is 1. The molecular formula is C73H125N2O6P. The van der Waals surface area contributed by atoms with Crippen molar-refractivity contribution >= 4 is 13.7 Å². The van der Waals surface area contributed by atoms with Crippen LogP contribution >= 0.6 is 7.82 Å². The van der Waals surface area contributed by atoms with Crippen LogP contribution in [-0.4, -0.2) is 68.5 Å². The molecule has 82 heavy (non-hydrogen) atoms. The first kappa shape index (κ1) is 78.4. The summed E-state index contributed by atoms with van der Waals surface area (Å²) >= 11 is 0. The van der Waals surface area contributed by atoms with Gasteiger partial charge in [-0.15, -0.1) is 0 Å². The highest BCUT2D eigenvalue weighted by Crippen LogP contribution is 2.38. The molecule has 0 aliphatic heterocycles. The van der Waals surface area contributed by atoms with Crippen LogP contribution in [0.4, 0.5) is 0 Å². The molecule has 9 heteroatoms. The first-order valence-corrected chi connectivity index (χ1v) is 34.6. The van der Waals surface area contributed by atoms with Gasteiger partial charge in [0.2, 0.25) is 5.91 Å². The molecule has 8 nitrogen and oxygen atoms in total. The van der Waals surface area contributed by atoms with E-state index >= 15 is 0 Å². The molecule has 0 spiro atoms. The molecule has 1 amide bonds. The number of hydrogen-bond acceptors (Lipinski definition) is 6. The fraction of sp³-hybridized carbons (Fsp3) is 0.658. The van der Waals surface area contributed by atoms with E-state index in [1.54, 1.807) is 0 Å². The van der Waals surface area contributed by atoms with E-state index in [1.165, 1.54) is 116 Å². The molecule has 0 heterocycles. The van der Waals surface area contributed by atoms with Crippen LogP contribution < -0.4 is 10.2 Å². The number of phosphoric acid groups is 1. The molecule has 0 fully saturated rings. The zero-order valence-corrected chi connectivity index (χ0v) is 54.3. The Balaban J connectivity index is 4.23. The largest absolute Gasteiger partial charge is 0.756 e. The molecule has 3 atom stereocenters. The molecule has 0 rings (SSSR count). The van der Waals surface area contributed by atoms with E-state index < -0.39 is 20.0 Å². The number of nitrogens with one attached hydrogen (secondary N) is 1. The van der Waals surface area contributed by atoms with Gasteiger partial charge in [-0.1, -0.05) is 295 Å². The molecule has 0 aromatic carbocycles. The zero-order valence-electron chi connectivity index (χ0n) is 53.4. The molecule has 468 valence electrons. The zero-order chi connectivity index (χ0) is 59.8. The van der Waals surface area contributed by atoms with Crippen LogP contribution in [0.1, 0.15) is 258 Å². The number of rotatable bonds is 59. The second-order valence-electron chi connectivity index (χ2n) is 23.1. The van der Waals surface area contributed by atoms with E-state index in [9.17, 15) is 19.4 Å². The predicted octanol–water partition coefficient (Wildman–Crippen LogP) is 20.6. The maximum Gasteiger partial charge on any atom is 0.268 e. The number of allylic oxidation sites excluding steroid dienone is 24. The first-order chi connectivity index (χ1) is 40.0. The summed E-state index contributed by atoms with van der Waals surface area (Å²) < 4.78 is 23.5. The van der Waals surface area contributed by atoms with Crippen molar-refractivity contribution < 1.29 is 32.9 Å². The highest BCUT2D eigenvalue weighted by atomic mass is 31.2. The van der Waals surface area contributed by atoms with E-state index in [-0.39, 0.29) is 19.1 Å². The number of phosphoric ester groups is 1. The van der Waals surface area contributed by atoms with Gasteiger partial charge >= 0.3 is 0 Å². The van der Waals surface area contributed by atoms with E-state index in [4.69, 9.17) is 9.05 Å². The number of nitrogens with zero attached hydrogens (tertiary/aromatic N) is 1. The lowest BCUT2D eigenvalue weighted by atomic mass is 10.0. The first-order valence-electron chi connectivity index (χ1n) is 33.2. The number of likely N-dealkylation sites (N-methyl/N-ethyl adjacent to an activating group) is 1. The average Bonchev–Trinajstić information content (AvgIpc) is 3.46. The summed E-state index contributed by atoms with van der Waals surface area (Å²) in [5, 5.41) is 14.0. The number of aliphatic hydroxyl groups excluding tert-OH is 1. The fourth-order valence-corrected chi connectivity index (χ4v) is 9.69. The number of carbonyl (C=O) groups is 1. The molecule has 3 unspecified atom stereocenters. The van der Waals surface area contributed by atoms with Gasteiger partial charge in [0, 0.05) is 6.42 Å². The standard InChI is InChI=1S/C73H125N2O6P/c1-6-8-10-12-14-16-18-20-22-24-26-28-29-30-31-32-33-34-35-36-37-38-39-40-41-42-43-44-45-47-49-51-53-55-57-59-61-63-65-67-73(77)74-71(70-81-82(78,79)80-69-68-75(3,4)5)72(76)66-64-62-60-58-56-54-52-50-48-46-27-25-23-21-19-17-15-13-11-9-7-2/h8,10,14,16,20,22,26,28,30-31,33-34,36-37,39-40,42-43,45,47,51,53,57,59,71-72,76H,6-7,9,11-13,15,17-19,21,23-25,27,29,32,35,38,41,44,46,48-50,52,54-56,58,60-70H2,1-5H3,(H-,74,77,78,79)/b10-8-,16-14-,22-20-,28-26-,31-30-,34-33-,37-36-,40-39-,43-42-,47-45-,53-51-,59-57-. The molecule has 0 saturated heterocycles. The number of carbonyl (C=O) groups excluding carboxylic acids is 1. The van der Waals surface area contributed by atoms with Crippen molar-refractivity contribution in [2.24, 2.45) is 0 Å². The molecule has 0 aliphatic carbocycles. The van der Waals surface area contributed by atoms with Crippen LogP contribution in [0.15, 0.2) is 146 Å². The van der Waals surface area contributed by atoms with Crippen molar-refractivity contribution in [2.45, 2.75) is 270 Å². The van der Waals surface area contributed by atoms with E-state index in [1.807, 2.05) is 21.1 Å². The van der Waals surface area contributed by atoms with Gasteiger partial charge in [0.05, 0.1) is 39.9 Å². The smallest absolute Gasteiger partial charge is 0.268 e. The fourth-order valence-electron chi connectivity index (χ4n) is 8.96. The summed E-state index contributed by atoms with van der Waals surface area (Å²) in [7, 11) is 1.26. The lowest BCUT2D eigenvalue weighted by molar-refractivity contribution is -0.870. The van der Waals surface area contributed by atoms with Gasteiger partial charge in [0.25, 0.3) is 7.82 Å². The normalized spacial score (nSPS) is 14.7. The second kappa shape index (κ2) is 61.9. The third kappa shape index (κ3) is 64.0. The Kier molecular flexibility index (Phi) is 59.2. The SMILES string of the molecule is CC/C=C\C/C=C\C/C=C\C/C=C\C/C=C\C/C=C\C/C=C\C/C=C\C/C=C\C/C=C\C/C=C\C/C=C\CCCCC(=O)NC(COP(=O)([O-])OCC[N+](C)(C)C)C(O)CCCCCCCCCCCCCCCCCCCCCCC. The lowest BCUT2D eigenvalue weighted by Crippen LogP contribution is -2.46. The molecule has 0 aromatic heterocycles. The third-order valence-electron chi connectivity index (χ3n) is 14.1. The van der Waals surface area contributed by atoms with E-state index in [0.29, 0.717) is 30.3 Å². The quantitative estimate of drug-likeness (QED) is 0.0272. The van der Waals surface area contributed by atoms with E-state index in [0.717, 1.165) is 109 Å². The minimum atomic E-state index is -4.60. The van der Waals surface area contributed by atoms with Gasteiger partial charge < -0.3 is 28.8 Å². The Hall–Kier alpha value is -3.62. The number of unbranched alkanes of at least 4 members (excludes halogenated alkanes) is 22. The average molecular weight is 1160 g/mol. The Bertz CT molecular complexity index is 1840. The summed E-state index contributed by atoms with van der Waals surface area (Å²) in [5.41, 5.74) is 0. The summed E-state index contributed by atoms with van der Waals surface area (Å²) in [5.74, 6) is -0.210. The Labute approximate surface area is 506 Å². The molecule has 0 aromatic rings. The summed E-state index contributed by atoms with van der Waals surface area (Å²) in [4.78, 5) is 25.6. The highest BCUT2D eigenvalue weighted by Gasteiger charge is 2.24. The van der Waals surface area contributed by atoms with Crippen molar-refractivity contribution in [2.75, 3.05) is 40.9 Å². The van der Waals surface area contributed by atoms with Crippen LogP contribution in [0, 0.1) is 0 Å². The monoisotopic (exact) mass is 1160 g/mol. The van der Waals surface area contributed by atoms with Crippen molar-refractivity contribution in [1.29, 1.82) is 0 Å². The van der Waals surface area contributed by atoms with Gasteiger partial charge in [-0.05, 0) is 103 Å². The maximum absolute atomic E-state index is 13.0. The Morgan fingerprint density at radius 1 is 0.439 bits per heavy atom. The lowest BCUT2D eigenvalue weighted by Gasteiger charge is -2.30. The molecule has 0 radical (unpaired) electrons. The molecular weight excluding hydrogens is 1030 g/mol. The minimum Gasteiger partial charge on any atom is -0.756 e. The van der Waals surface area contributed by atoms with Crippen LogP contribution in [-0.2, 0) is 18.4 Å². The Morgan fingerprint density at radius 2 is 0.744 bits per heavy atom. The minimum absolute atomic E-state index is 0.00379. The number of hydrogen-bond donors (Lipinski definition) is 2. The van der Waals surface area contributed by atoms with Crippen LogP contribution in [0.25, 0.3) is 0 Å². The molecule has 2 N–H and O–H groups in total. The third-order valence-corrected chi connectivity index (χ3v) is 15.1. The van der Waals surface area contributed by atoms with Crippen LogP contribution in [0.5, 0.6) is 0 Å². The topological polar surface area (TPSA) is 108 Å². The van der Waals surface area contributed by atoms with Crippen molar-refractivity contribution in [1.82, 2.24) is 5.32 Å². The van der Waals surface area contributed by atoms with Gasteiger partial charge in [-0.25, -0.2) is 0 Å². The van der Waals surface area contributed by atoms with Crippen molar-refractivity contribution in [3.63, 3.8) is 0 Å². The van der Waals surface area contributed by atoms with Gasteiger partial charge in [-0.2, -0.15) is 0 Å². The molecule has 0 saturated carbocycles. The Morgan fingerprint density at radius 3 is 1.06 bits per heavy atom. The number of aliphatic hydroxyl groups is 1. The van der Waals surface area contributed by atoms with Gasteiger partial charge in [0.15, 0.2) is 0 Å². The van der Waals surface area contributed by atoms with Crippen LogP contribution in [0.2, 0.25) is 0 Å². The van der Waals surface area contributed by atoms with Crippen molar-refractivity contribution in [3.05, 3.63) is 146 Å². The summed E-state index contributed by atoms with van der Waals surface area (Å²) in [6, 6.07) is -0.836. The summed E-state index contributed by atoms with van der Waals surface area (Å²) in [6.45, 7) is 4.58.